The Morgan fingerprint density at radius 1 is 1.41 bits per heavy atom. The molecule has 0 aliphatic heterocycles. The summed E-state index contributed by atoms with van der Waals surface area (Å²) in [5, 5.41) is 4.32. The van der Waals surface area contributed by atoms with E-state index < -0.39 is 0 Å². The van der Waals surface area contributed by atoms with Gasteiger partial charge < -0.3 is 5.73 Å². The van der Waals surface area contributed by atoms with Gasteiger partial charge in [-0.25, -0.2) is 0 Å². The quantitative estimate of drug-likeness (QED) is 0.866. The van der Waals surface area contributed by atoms with Gasteiger partial charge in [0.15, 0.2) is 0 Å². The summed E-state index contributed by atoms with van der Waals surface area (Å²) in [6.07, 6.45) is 10.9. The minimum atomic E-state index is 0.359. The summed E-state index contributed by atoms with van der Waals surface area (Å²) in [5.41, 5.74) is 7.69. The zero-order chi connectivity index (χ0) is 11.8. The minimum Gasteiger partial charge on any atom is -0.327 e. The van der Waals surface area contributed by atoms with Gasteiger partial charge in [-0.15, -0.1) is 0 Å². The van der Waals surface area contributed by atoms with Crippen LogP contribution in [-0.2, 0) is 13.0 Å². The van der Waals surface area contributed by atoms with Crippen LogP contribution in [0.4, 0.5) is 0 Å². The third-order valence-corrected chi connectivity index (χ3v) is 4.70. The van der Waals surface area contributed by atoms with E-state index >= 15 is 0 Å². The molecule has 2 aliphatic carbocycles. The molecule has 2 saturated carbocycles. The Hall–Kier alpha value is -0.830. The van der Waals surface area contributed by atoms with Gasteiger partial charge in [-0.05, 0) is 49.5 Å². The highest BCUT2D eigenvalue weighted by Gasteiger charge is 2.52. The van der Waals surface area contributed by atoms with E-state index in [2.05, 4.69) is 18.2 Å². The third kappa shape index (κ3) is 2.13. The molecule has 2 aliphatic rings. The average Bonchev–Trinajstić information content (AvgIpc) is 2.92. The van der Waals surface area contributed by atoms with E-state index in [4.69, 9.17) is 5.73 Å². The molecule has 1 aromatic heterocycles. The van der Waals surface area contributed by atoms with Crippen molar-refractivity contribution in [3.8, 4) is 0 Å². The molecular weight excluding hydrogens is 210 g/mol. The monoisotopic (exact) mass is 233 g/mol. The number of aromatic nitrogens is 2. The standard InChI is InChI=1S/C14H23N3/c1-2-17-9-10(8-16-17)7-13(15)14-11-5-3-4-6-12(11)14/h8-9,11-14H,2-7,15H2,1H3. The van der Waals surface area contributed by atoms with Crippen molar-refractivity contribution in [3.05, 3.63) is 18.0 Å². The number of aryl methyl sites for hydroxylation is 1. The molecule has 3 nitrogen and oxygen atoms in total. The zero-order valence-electron chi connectivity index (χ0n) is 10.7. The summed E-state index contributed by atoms with van der Waals surface area (Å²) in [4.78, 5) is 0. The second-order valence-electron chi connectivity index (χ2n) is 5.76. The highest BCUT2D eigenvalue weighted by molar-refractivity contribution is 5.11. The molecule has 3 atom stereocenters. The van der Waals surface area contributed by atoms with Crippen molar-refractivity contribution in [2.75, 3.05) is 0 Å². The van der Waals surface area contributed by atoms with E-state index in [1.165, 1.54) is 31.2 Å². The molecule has 0 spiro atoms. The van der Waals surface area contributed by atoms with Crippen molar-refractivity contribution in [1.82, 2.24) is 9.78 Å². The molecule has 3 unspecified atom stereocenters. The number of hydrogen-bond donors (Lipinski definition) is 1. The molecule has 0 saturated heterocycles. The molecule has 17 heavy (non-hydrogen) atoms. The maximum absolute atomic E-state index is 6.38. The molecular formula is C14H23N3. The number of nitrogens with zero attached hydrogens (tertiary/aromatic N) is 2. The highest BCUT2D eigenvalue weighted by atomic mass is 15.3. The first-order valence-corrected chi connectivity index (χ1v) is 7.06. The van der Waals surface area contributed by atoms with E-state index in [9.17, 15) is 0 Å². The molecule has 2 N–H and O–H groups in total. The molecule has 0 radical (unpaired) electrons. The van der Waals surface area contributed by atoms with Crippen LogP contribution in [0.3, 0.4) is 0 Å². The first-order chi connectivity index (χ1) is 8.29. The Balaban J connectivity index is 1.58. The molecule has 1 aromatic rings. The first-order valence-electron chi connectivity index (χ1n) is 7.06. The predicted octanol–water partition coefficient (Wildman–Crippen LogP) is 2.21. The van der Waals surface area contributed by atoms with Gasteiger partial charge in [-0.3, -0.25) is 4.68 Å². The number of nitrogens with two attached hydrogens (primary N) is 1. The summed E-state index contributed by atoms with van der Waals surface area (Å²) in [7, 11) is 0. The summed E-state index contributed by atoms with van der Waals surface area (Å²) < 4.78 is 1.99. The Kier molecular flexibility index (Phi) is 2.95. The lowest BCUT2D eigenvalue weighted by molar-refractivity contribution is 0.480. The van der Waals surface area contributed by atoms with Gasteiger partial charge in [0.2, 0.25) is 0 Å². The summed E-state index contributed by atoms with van der Waals surface area (Å²) in [5.74, 6) is 2.72. The van der Waals surface area contributed by atoms with Crippen LogP contribution in [0.15, 0.2) is 12.4 Å². The fourth-order valence-corrected chi connectivity index (χ4v) is 3.78. The molecule has 3 rings (SSSR count). The van der Waals surface area contributed by atoms with Crippen LogP contribution in [0.25, 0.3) is 0 Å². The van der Waals surface area contributed by atoms with E-state index in [1.807, 2.05) is 10.9 Å². The molecule has 3 heteroatoms. The van der Waals surface area contributed by atoms with Gasteiger partial charge in [-0.1, -0.05) is 12.8 Å². The SMILES string of the molecule is CCn1cc(CC(N)C2C3CCCCC32)cn1. The lowest BCUT2D eigenvalue weighted by atomic mass is 10.0. The van der Waals surface area contributed by atoms with Crippen LogP contribution in [0.1, 0.15) is 38.2 Å². The molecule has 0 aromatic carbocycles. The van der Waals surface area contributed by atoms with E-state index in [0.29, 0.717) is 6.04 Å². The van der Waals surface area contributed by atoms with E-state index in [-0.39, 0.29) is 0 Å². The van der Waals surface area contributed by atoms with Crippen molar-refractivity contribution < 1.29 is 0 Å². The van der Waals surface area contributed by atoms with Crippen molar-refractivity contribution in [2.45, 2.75) is 51.6 Å². The average molecular weight is 233 g/mol. The smallest absolute Gasteiger partial charge is 0.0522 e. The lowest BCUT2D eigenvalue weighted by Crippen LogP contribution is -2.26. The number of rotatable bonds is 4. The summed E-state index contributed by atoms with van der Waals surface area (Å²) in [6, 6.07) is 0.359. The zero-order valence-corrected chi connectivity index (χ0v) is 10.7. The molecule has 0 bridgehead atoms. The van der Waals surface area contributed by atoms with Gasteiger partial charge >= 0.3 is 0 Å². The third-order valence-electron chi connectivity index (χ3n) is 4.70. The van der Waals surface area contributed by atoms with Gasteiger partial charge in [0.25, 0.3) is 0 Å². The Morgan fingerprint density at radius 2 is 2.12 bits per heavy atom. The lowest BCUT2D eigenvalue weighted by Gasteiger charge is -2.09. The fourth-order valence-electron chi connectivity index (χ4n) is 3.78. The van der Waals surface area contributed by atoms with Crippen LogP contribution < -0.4 is 5.73 Å². The number of fused-ring (bicyclic) bond motifs is 1. The van der Waals surface area contributed by atoms with Gasteiger partial charge in [-0.2, -0.15) is 5.10 Å². The molecule has 94 valence electrons. The Labute approximate surface area is 103 Å². The highest BCUT2D eigenvalue weighted by Crippen LogP contribution is 2.56. The maximum Gasteiger partial charge on any atom is 0.0522 e. The molecule has 0 amide bonds. The Morgan fingerprint density at radius 3 is 2.71 bits per heavy atom. The summed E-state index contributed by atoms with van der Waals surface area (Å²) >= 11 is 0. The van der Waals surface area contributed by atoms with Crippen molar-refractivity contribution in [3.63, 3.8) is 0 Å². The van der Waals surface area contributed by atoms with E-state index in [0.717, 1.165) is 30.7 Å². The van der Waals surface area contributed by atoms with Crippen LogP contribution in [0.5, 0.6) is 0 Å². The van der Waals surface area contributed by atoms with Crippen molar-refractivity contribution in [2.24, 2.45) is 23.5 Å². The molecule has 1 heterocycles. The first kappa shape index (κ1) is 11.3. The van der Waals surface area contributed by atoms with Crippen LogP contribution in [0, 0.1) is 17.8 Å². The second kappa shape index (κ2) is 4.45. The minimum absolute atomic E-state index is 0.359. The Bertz CT molecular complexity index is 373. The van der Waals surface area contributed by atoms with Gasteiger partial charge in [0.05, 0.1) is 6.20 Å². The number of hydrogen-bond acceptors (Lipinski definition) is 2. The summed E-state index contributed by atoms with van der Waals surface area (Å²) in [6.45, 7) is 3.07. The van der Waals surface area contributed by atoms with Gasteiger partial charge in [0.1, 0.15) is 0 Å². The topological polar surface area (TPSA) is 43.8 Å². The van der Waals surface area contributed by atoms with Crippen LogP contribution >= 0.6 is 0 Å². The maximum atomic E-state index is 6.38. The van der Waals surface area contributed by atoms with Crippen LogP contribution in [-0.4, -0.2) is 15.8 Å². The predicted molar refractivity (Wildman–Crippen MR) is 68.5 cm³/mol. The largest absolute Gasteiger partial charge is 0.327 e. The van der Waals surface area contributed by atoms with E-state index in [1.54, 1.807) is 0 Å². The second-order valence-corrected chi connectivity index (χ2v) is 5.76. The fraction of sp³-hybridized carbons (Fsp3) is 0.786. The van der Waals surface area contributed by atoms with Crippen LogP contribution in [0.2, 0.25) is 0 Å². The van der Waals surface area contributed by atoms with Crippen molar-refractivity contribution in [1.29, 1.82) is 0 Å². The molecule has 2 fully saturated rings. The van der Waals surface area contributed by atoms with Gasteiger partial charge in [0, 0.05) is 18.8 Å². The van der Waals surface area contributed by atoms with Crippen molar-refractivity contribution >= 4 is 0 Å². The normalized spacial score (nSPS) is 33.2.